The van der Waals surface area contributed by atoms with E-state index in [1.807, 2.05) is 12.1 Å². The summed E-state index contributed by atoms with van der Waals surface area (Å²) in [5.74, 6) is -0.0604. The fourth-order valence-electron chi connectivity index (χ4n) is 4.16. The zero-order valence-electron chi connectivity index (χ0n) is 17.1. The Bertz CT molecular complexity index is 982. The number of aliphatic carboxylic acids is 1. The third-order valence-corrected chi connectivity index (χ3v) is 6.44. The van der Waals surface area contributed by atoms with Gasteiger partial charge in [0, 0.05) is 5.69 Å². The first-order valence-corrected chi connectivity index (χ1v) is 10.9. The number of amidine groups is 2. The Morgan fingerprint density at radius 2 is 1.83 bits per heavy atom. The minimum absolute atomic E-state index is 0. The van der Waals surface area contributed by atoms with Crippen LogP contribution in [0.3, 0.4) is 0 Å². The monoisotopic (exact) mass is 534 g/mol. The van der Waals surface area contributed by atoms with Crippen molar-refractivity contribution in [3.05, 3.63) is 59.7 Å². The van der Waals surface area contributed by atoms with E-state index < -0.39 is 5.97 Å². The van der Waals surface area contributed by atoms with Crippen molar-refractivity contribution < 1.29 is 33.9 Å². The fraction of sp³-hybridized carbons (Fsp3) is 0.348. The van der Waals surface area contributed by atoms with Crippen LogP contribution >= 0.6 is 11.8 Å². The van der Waals surface area contributed by atoms with Gasteiger partial charge >= 0.3 is 5.97 Å². The summed E-state index contributed by atoms with van der Waals surface area (Å²) in [7, 11) is 0. The Balaban J connectivity index is 0.00000256. The number of hydrogen-bond acceptors (Lipinski definition) is 4. The van der Waals surface area contributed by atoms with E-state index in [0.29, 0.717) is 0 Å². The maximum absolute atomic E-state index is 11.2. The van der Waals surface area contributed by atoms with Crippen molar-refractivity contribution in [2.45, 2.75) is 45.1 Å². The lowest BCUT2D eigenvalue weighted by Crippen LogP contribution is -3.00. The minimum atomic E-state index is -0.842. The normalized spacial score (nSPS) is 18.5. The van der Waals surface area contributed by atoms with Crippen LogP contribution < -0.4 is 28.9 Å². The third-order valence-electron chi connectivity index (χ3n) is 5.52. The van der Waals surface area contributed by atoms with Crippen molar-refractivity contribution in [1.82, 2.24) is 0 Å². The summed E-state index contributed by atoms with van der Waals surface area (Å²) in [6.45, 7) is 4.12. The van der Waals surface area contributed by atoms with E-state index in [9.17, 15) is 9.90 Å². The van der Waals surface area contributed by atoms with Crippen molar-refractivity contribution in [2.75, 3.05) is 10.7 Å². The summed E-state index contributed by atoms with van der Waals surface area (Å²) in [6, 6.07) is 16.5. The molecule has 5 nitrogen and oxygen atoms in total. The van der Waals surface area contributed by atoms with E-state index in [0.717, 1.165) is 53.6 Å². The molecule has 1 heterocycles. The molecule has 1 spiro atoms. The first kappa shape index (κ1) is 22.8. The van der Waals surface area contributed by atoms with Gasteiger partial charge in [0.15, 0.2) is 11.0 Å². The highest BCUT2D eigenvalue weighted by atomic mass is 127. The number of anilines is 1. The van der Waals surface area contributed by atoms with Gasteiger partial charge in [-0.05, 0) is 56.5 Å². The third kappa shape index (κ3) is 4.56. The zero-order valence-corrected chi connectivity index (χ0v) is 20.1. The molecular weight excluding hydrogens is 509 g/mol. The second-order valence-corrected chi connectivity index (χ2v) is 8.70. The number of hydrogen-bond donors (Lipinski definition) is 1. The molecule has 0 bridgehead atoms. The molecule has 2 aromatic carbocycles. The van der Waals surface area contributed by atoms with Gasteiger partial charge in [-0.1, -0.05) is 54.4 Å². The molecular formula is C23H25IN3O2S-. The second kappa shape index (κ2) is 9.51. The van der Waals surface area contributed by atoms with Gasteiger partial charge in [-0.2, -0.15) is 0 Å². The summed E-state index contributed by atoms with van der Waals surface area (Å²) in [4.78, 5) is 23.3. The van der Waals surface area contributed by atoms with Crippen molar-refractivity contribution in [3.8, 4) is 0 Å². The highest BCUT2D eigenvalue weighted by Crippen LogP contribution is 2.45. The summed E-state index contributed by atoms with van der Waals surface area (Å²) < 4.78 is 0. The Hall–Kier alpha value is -1.87. The number of thioether (sulfide) groups is 1. The molecule has 7 heteroatoms. The van der Waals surface area contributed by atoms with Crippen LogP contribution in [0.15, 0.2) is 58.5 Å². The lowest BCUT2D eigenvalue weighted by atomic mass is 9.94. The number of carboxylic acids is 1. The molecule has 1 saturated carbocycles. The van der Waals surface area contributed by atoms with Crippen LogP contribution in [0.1, 0.15) is 36.8 Å². The Morgan fingerprint density at radius 3 is 2.47 bits per heavy atom. The molecule has 1 N–H and O–H groups in total. The average molecular weight is 534 g/mol. The maximum atomic E-state index is 11.2. The van der Waals surface area contributed by atoms with E-state index in [2.05, 4.69) is 55.1 Å². The molecule has 2 aromatic rings. The van der Waals surface area contributed by atoms with E-state index in [1.165, 1.54) is 17.3 Å². The average Bonchev–Trinajstić information content (AvgIpc) is 3.28. The quantitative estimate of drug-likeness (QED) is 0.612. The van der Waals surface area contributed by atoms with Crippen LogP contribution in [0.5, 0.6) is 0 Å². The van der Waals surface area contributed by atoms with Crippen molar-refractivity contribution in [1.29, 1.82) is 0 Å². The van der Waals surface area contributed by atoms with Gasteiger partial charge in [0.2, 0.25) is 0 Å². The number of carboxylic acid groups (broad SMARTS) is 1. The molecule has 2 aliphatic rings. The standard InChI is InChI=1S/C23H25N3O2S.HI/c1-16-8-10-19(11-9-16)26-22(29-15-20(27)28)25-21(23(26)12-3-4-13-23)24-18-7-5-6-17(2)14-18;/h5-11,14H,3-4,12-13,15H2,1-2H3,(H,27,28);1H/p-1. The van der Waals surface area contributed by atoms with Crippen LogP contribution in [0, 0.1) is 13.8 Å². The summed E-state index contributed by atoms with van der Waals surface area (Å²) in [6.07, 6.45) is 4.15. The SMILES string of the molecule is Cc1ccc(N2C(SCC(=O)O)=NC(=Nc3cccc(C)c3)C23CCCC3)cc1.[I-]. The molecule has 0 saturated heterocycles. The lowest BCUT2D eigenvalue weighted by molar-refractivity contribution is -0.133. The fourth-order valence-corrected chi connectivity index (χ4v) is 4.97. The molecule has 1 fully saturated rings. The molecule has 0 aromatic heterocycles. The first-order valence-electron chi connectivity index (χ1n) is 9.94. The number of rotatable bonds is 4. The largest absolute Gasteiger partial charge is 1.00 e. The van der Waals surface area contributed by atoms with Gasteiger partial charge in [-0.15, -0.1) is 0 Å². The molecule has 0 unspecified atom stereocenters. The van der Waals surface area contributed by atoms with Gasteiger partial charge in [0.1, 0.15) is 5.54 Å². The van der Waals surface area contributed by atoms with Crippen molar-refractivity contribution >= 4 is 40.1 Å². The predicted octanol–water partition coefficient (Wildman–Crippen LogP) is 2.34. The highest BCUT2D eigenvalue weighted by molar-refractivity contribution is 8.14. The zero-order chi connectivity index (χ0) is 20.4. The van der Waals surface area contributed by atoms with Crippen LogP contribution in [0.2, 0.25) is 0 Å². The molecule has 1 aliphatic carbocycles. The van der Waals surface area contributed by atoms with Gasteiger partial charge < -0.3 is 34.0 Å². The number of aryl methyl sites for hydroxylation is 2. The topological polar surface area (TPSA) is 65.3 Å². The minimum Gasteiger partial charge on any atom is -1.00 e. The van der Waals surface area contributed by atoms with Crippen LogP contribution in [0.25, 0.3) is 0 Å². The Morgan fingerprint density at radius 1 is 1.13 bits per heavy atom. The van der Waals surface area contributed by atoms with E-state index in [1.54, 1.807) is 0 Å². The summed E-state index contributed by atoms with van der Waals surface area (Å²) in [5, 5.41) is 9.96. The molecule has 0 amide bonds. The Kier molecular flexibility index (Phi) is 7.23. The van der Waals surface area contributed by atoms with Crippen molar-refractivity contribution in [3.63, 3.8) is 0 Å². The molecule has 0 atom stereocenters. The van der Waals surface area contributed by atoms with E-state index >= 15 is 0 Å². The van der Waals surface area contributed by atoms with Gasteiger partial charge in [0.25, 0.3) is 0 Å². The lowest BCUT2D eigenvalue weighted by Gasteiger charge is -2.36. The molecule has 0 radical (unpaired) electrons. The number of carbonyl (C=O) groups is 1. The van der Waals surface area contributed by atoms with Crippen LogP contribution in [0.4, 0.5) is 11.4 Å². The first-order chi connectivity index (χ1) is 14.0. The van der Waals surface area contributed by atoms with E-state index in [4.69, 9.17) is 9.98 Å². The molecule has 30 heavy (non-hydrogen) atoms. The van der Waals surface area contributed by atoms with E-state index in [-0.39, 0.29) is 35.3 Å². The summed E-state index contributed by atoms with van der Waals surface area (Å²) in [5.41, 5.74) is 3.98. The maximum Gasteiger partial charge on any atom is 0.313 e. The Labute approximate surface area is 198 Å². The van der Waals surface area contributed by atoms with Gasteiger partial charge in [0.05, 0.1) is 11.4 Å². The number of aliphatic imine (C=N–C) groups is 2. The molecule has 158 valence electrons. The number of benzene rings is 2. The predicted molar refractivity (Wildman–Crippen MR) is 121 cm³/mol. The molecule has 4 rings (SSSR count). The van der Waals surface area contributed by atoms with Gasteiger partial charge in [-0.3, -0.25) is 4.79 Å². The molecule has 1 aliphatic heterocycles. The van der Waals surface area contributed by atoms with Crippen LogP contribution in [-0.4, -0.2) is 33.4 Å². The highest BCUT2D eigenvalue weighted by Gasteiger charge is 2.51. The number of halogens is 1. The van der Waals surface area contributed by atoms with Crippen LogP contribution in [-0.2, 0) is 4.79 Å². The summed E-state index contributed by atoms with van der Waals surface area (Å²) >= 11 is 1.27. The number of nitrogens with zero attached hydrogens (tertiary/aromatic N) is 3. The van der Waals surface area contributed by atoms with Crippen molar-refractivity contribution in [2.24, 2.45) is 9.98 Å². The second-order valence-electron chi connectivity index (χ2n) is 7.76. The smallest absolute Gasteiger partial charge is 0.313 e. The van der Waals surface area contributed by atoms with Gasteiger partial charge in [-0.25, -0.2) is 9.98 Å².